The zero-order valence-corrected chi connectivity index (χ0v) is 22.7. The van der Waals surface area contributed by atoms with Gasteiger partial charge >= 0.3 is 13.6 Å². The van der Waals surface area contributed by atoms with Crippen molar-refractivity contribution in [2.75, 3.05) is 18.5 Å². The number of tetrazole rings is 1. The van der Waals surface area contributed by atoms with Crippen molar-refractivity contribution in [3.63, 3.8) is 0 Å². The molecule has 1 aromatic carbocycles. The molecule has 17 heteroatoms. The number of aromatic amines is 1. The normalized spacial score (nSPS) is 21.3. The van der Waals surface area contributed by atoms with Gasteiger partial charge in [0.25, 0.3) is 5.91 Å². The molecule has 2 aliphatic heterocycles. The van der Waals surface area contributed by atoms with Gasteiger partial charge in [-0.15, -0.1) is 16.9 Å². The van der Waals surface area contributed by atoms with E-state index in [1.54, 1.807) is 19.1 Å². The molecule has 2 unspecified atom stereocenters. The van der Waals surface area contributed by atoms with Crippen molar-refractivity contribution in [1.29, 1.82) is 0 Å². The Bertz CT molecular complexity index is 1290. The number of carboxylic acids is 1. The SMILES string of the molecule is CCOP(=O)(O)CC(Sc1nnn[nH]1)C1=C(C(=O)O)N2C(=O)[C@H](NC(=O)Cc3ccccc3CN)[C@@H]2SC1. The van der Waals surface area contributed by atoms with Crippen LogP contribution in [0.2, 0.25) is 0 Å². The quantitative estimate of drug-likeness (QED) is 0.129. The van der Waals surface area contributed by atoms with Gasteiger partial charge in [-0.1, -0.05) is 36.0 Å². The Morgan fingerprint density at radius 3 is 2.76 bits per heavy atom. The third-order valence-corrected chi connectivity index (χ3v) is 10.1. The molecule has 0 saturated carbocycles. The lowest BCUT2D eigenvalue weighted by atomic mass is 10.0. The van der Waals surface area contributed by atoms with Crippen LogP contribution in [-0.2, 0) is 36.4 Å². The Balaban J connectivity index is 1.56. The molecule has 204 valence electrons. The van der Waals surface area contributed by atoms with Crippen LogP contribution in [0, 0.1) is 0 Å². The van der Waals surface area contributed by atoms with Gasteiger partial charge in [-0.3, -0.25) is 19.1 Å². The van der Waals surface area contributed by atoms with Crippen LogP contribution in [0.5, 0.6) is 0 Å². The number of aliphatic carboxylic acids is 1. The first-order valence-corrected chi connectivity index (χ1v) is 15.2. The molecule has 1 aromatic heterocycles. The molecule has 2 amide bonds. The summed E-state index contributed by atoms with van der Waals surface area (Å²) in [5.74, 6) is -2.21. The summed E-state index contributed by atoms with van der Waals surface area (Å²) in [7, 11) is -4.10. The van der Waals surface area contributed by atoms with Crippen LogP contribution in [0.1, 0.15) is 18.1 Å². The highest BCUT2D eigenvalue weighted by Crippen LogP contribution is 2.50. The maximum Gasteiger partial charge on any atom is 0.352 e. The summed E-state index contributed by atoms with van der Waals surface area (Å²) in [6.07, 6.45) is -0.402. The van der Waals surface area contributed by atoms with E-state index in [1.807, 2.05) is 12.1 Å². The van der Waals surface area contributed by atoms with Crippen LogP contribution >= 0.6 is 31.1 Å². The number of nitrogens with one attached hydrogen (secondary N) is 2. The number of carbonyl (C=O) groups excluding carboxylic acids is 2. The largest absolute Gasteiger partial charge is 0.477 e. The Morgan fingerprint density at radius 2 is 2.13 bits per heavy atom. The van der Waals surface area contributed by atoms with Gasteiger partial charge in [0.15, 0.2) is 0 Å². The number of β-lactam (4-membered cyclic amide) rings is 1. The van der Waals surface area contributed by atoms with Crippen LogP contribution in [0.25, 0.3) is 0 Å². The van der Waals surface area contributed by atoms with Crippen molar-refractivity contribution >= 4 is 48.9 Å². The third kappa shape index (κ3) is 6.11. The van der Waals surface area contributed by atoms with Crippen molar-refractivity contribution in [2.45, 2.75) is 41.7 Å². The van der Waals surface area contributed by atoms with Gasteiger partial charge in [-0.25, -0.2) is 9.89 Å². The minimum absolute atomic E-state index is 0.0154. The molecule has 0 aliphatic carbocycles. The molecule has 14 nitrogen and oxygen atoms in total. The summed E-state index contributed by atoms with van der Waals surface area (Å²) in [6, 6.07) is 6.31. The first-order valence-electron chi connectivity index (χ1n) is 11.5. The molecule has 2 aliphatic rings. The summed E-state index contributed by atoms with van der Waals surface area (Å²) in [5, 5.41) is 24.7. The maximum atomic E-state index is 13.1. The summed E-state index contributed by atoms with van der Waals surface area (Å²) in [4.78, 5) is 49.6. The van der Waals surface area contributed by atoms with Crippen LogP contribution < -0.4 is 11.1 Å². The van der Waals surface area contributed by atoms with Crippen molar-refractivity contribution in [2.24, 2.45) is 5.73 Å². The topological polar surface area (TPSA) is 214 Å². The van der Waals surface area contributed by atoms with E-state index in [9.17, 15) is 28.9 Å². The molecule has 1 saturated heterocycles. The molecule has 4 rings (SSSR count). The van der Waals surface area contributed by atoms with Gasteiger partial charge < -0.3 is 25.6 Å². The highest BCUT2D eigenvalue weighted by molar-refractivity contribution is 8.01. The molecular weight excluding hydrogens is 557 g/mol. The molecule has 1 fully saturated rings. The monoisotopic (exact) mass is 583 g/mol. The standard InChI is InChI=1S/C21H26N7O7PS2/c1-2-35-36(33,34)9-14(38-21-24-26-27-25-21)13-10-37-19-16(18(30)28(19)17(13)20(31)32)23-15(29)7-11-5-3-4-6-12(11)8-22/h3-6,14,16,19H,2,7-10,22H2,1H3,(H,23,29)(H,31,32)(H,33,34)(H,24,25,26,27)/t14?,16-,19-/m0/s1. The molecule has 0 bridgehead atoms. The number of fused-ring (bicyclic) bond motifs is 1. The zero-order valence-electron chi connectivity index (χ0n) is 20.1. The molecule has 3 heterocycles. The summed E-state index contributed by atoms with van der Waals surface area (Å²) < 4.78 is 17.6. The minimum Gasteiger partial charge on any atom is -0.477 e. The first kappa shape index (κ1) is 28.3. The average molecular weight is 584 g/mol. The predicted molar refractivity (Wildman–Crippen MR) is 138 cm³/mol. The number of rotatable bonds is 12. The number of nitrogens with two attached hydrogens (primary N) is 1. The van der Waals surface area contributed by atoms with E-state index in [0.717, 1.165) is 27.8 Å². The van der Waals surface area contributed by atoms with E-state index < -0.39 is 42.3 Å². The molecule has 6 N–H and O–H groups in total. The van der Waals surface area contributed by atoms with E-state index in [4.69, 9.17) is 10.3 Å². The van der Waals surface area contributed by atoms with Gasteiger partial charge in [-0.2, -0.15) is 0 Å². The number of benzene rings is 1. The average Bonchev–Trinajstić information content (AvgIpc) is 3.39. The number of thioether (sulfide) groups is 2. The van der Waals surface area contributed by atoms with Gasteiger partial charge in [0.05, 0.1) is 19.2 Å². The van der Waals surface area contributed by atoms with E-state index in [2.05, 4.69) is 25.9 Å². The molecular formula is C21H26N7O7PS2. The number of aromatic nitrogens is 4. The first-order chi connectivity index (χ1) is 18.1. The highest BCUT2D eigenvalue weighted by Gasteiger charge is 2.55. The molecule has 4 atom stereocenters. The van der Waals surface area contributed by atoms with E-state index in [1.165, 1.54) is 11.8 Å². The fourth-order valence-electron chi connectivity index (χ4n) is 4.23. The summed E-state index contributed by atoms with van der Waals surface area (Å²) in [5.41, 5.74) is 7.26. The van der Waals surface area contributed by atoms with Crippen molar-refractivity contribution < 1.29 is 33.5 Å². The Morgan fingerprint density at radius 1 is 1.39 bits per heavy atom. The van der Waals surface area contributed by atoms with Crippen molar-refractivity contribution in [3.05, 3.63) is 46.7 Å². The second-order valence-electron chi connectivity index (χ2n) is 8.33. The number of H-pyrrole nitrogens is 1. The van der Waals surface area contributed by atoms with Gasteiger partial charge in [0.2, 0.25) is 11.1 Å². The van der Waals surface area contributed by atoms with E-state index >= 15 is 0 Å². The number of nitrogens with zero attached hydrogens (tertiary/aromatic N) is 4. The Labute approximate surface area is 225 Å². The molecule has 2 aromatic rings. The van der Waals surface area contributed by atoms with Crippen LogP contribution in [0.3, 0.4) is 0 Å². The van der Waals surface area contributed by atoms with Crippen LogP contribution in [0.4, 0.5) is 0 Å². The third-order valence-electron chi connectivity index (χ3n) is 5.90. The Kier molecular flexibility index (Phi) is 8.90. The van der Waals surface area contributed by atoms with Crippen molar-refractivity contribution in [1.82, 2.24) is 30.8 Å². The number of carbonyl (C=O) groups is 3. The van der Waals surface area contributed by atoms with E-state index in [0.29, 0.717) is 0 Å². The fraction of sp³-hybridized carbons (Fsp3) is 0.429. The number of hydrogen-bond acceptors (Lipinski definition) is 11. The number of hydrogen-bond donors (Lipinski definition) is 5. The van der Waals surface area contributed by atoms with Crippen LogP contribution in [-0.4, -0.2) is 88.5 Å². The molecule has 38 heavy (non-hydrogen) atoms. The molecule has 0 radical (unpaired) electrons. The highest BCUT2D eigenvalue weighted by atomic mass is 32.2. The van der Waals surface area contributed by atoms with Crippen LogP contribution in [0.15, 0.2) is 40.7 Å². The van der Waals surface area contributed by atoms with E-state index in [-0.39, 0.29) is 47.7 Å². The lowest BCUT2D eigenvalue weighted by molar-refractivity contribution is -0.150. The summed E-state index contributed by atoms with van der Waals surface area (Å²) >= 11 is 2.22. The molecule has 0 spiro atoms. The maximum absolute atomic E-state index is 13.1. The summed E-state index contributed by atoms with van der Waals surface area (Å²) in [6.45, 7) is 1.82. The number of amides is 2. The minimum atomic E-state index is -4.10. The Hall–Kier alpha value is -2.75. The fourth-order valence-corrected chi connectivity index (χ4v) is 8.56. The zero-order chi connectivity index (χ0) is 27.4. The smallest absolute Gasteiger partial charge is 0.352 e. The second kappa shape index (κ2) is 12.0. The second-order valence-corrected chi connectivity index (χ2v) is 12.5. The van der Waals surface area contributed by atoms with Gasteiger partial charge in [0, 0.05) is 17.5 Å². The van der Waals surface area contributed by atoms with Crippen molar-refractivity contribution in [3.8, 4) is 0 Å². The number of carboxylic acid groups (broad SMARTS) is 1. The van der Waals surface area contributed by atoms with Gasteiger partial charge in [-0.05, 0) is 34.1 Å². The lowest BCUT2D eigenvalue weighted by Gasteiger charge is -2.50. The lowest BCUT2D eigenvalue weighted by Crippen LogP contribution is -2.70. The predicted octanol–water partition coefficient (Wildman–Crippen LogP) is 0.322. The van der Waals surface area contributed by atoms with Gasteiger partial charge in [0.1, 0.15) is 17.1 Å².